The van der Waals surface area contributed by atoms with E-state index in [-0.39, 0.29) is 11.4 Å². The maximum atomic E-state index is 13.5. The standard InChI is InChI=1S/C14H21FN2O/c1-17(10-12-4-2-3-5-13(12)15)11-14(16)6-8-18-9-7-14/h2-5H,6-11,16H2,1H3. The summed E-state index contributed by atoms with van der Waals surface area (Å²) in [7, 11) is 1.98. The third-order valence-electron chi connectivity index (χ3n) is 3.47. The minimum Gasteiger partial charge on any atom is -0.381 e. The molecule has 1 aromatic rings. The van der Waals surface area contributed by atoms with Crippen LogP contribution in [0.4, 0.5) is 4.39 Å². The third-order valence-corrected chi connectivity index (χ3v) is 3.47. The van der Waals surface area contributed by atoms with Gasteiger partial charge in [-0.15, -0.1) is 0 Å². The molecule has 1 aliphatic rings. The zero-order valence-corrected chi connectivity index (χ0v) is 10.9. The molecule has 1 heterocycles. The van der Waals surface area contributed by atoms with E-state index in [9.17, 15) is 4.39 Å². The second-order valence-electron chi connectivity index (χ2n) is 5.24. The first-order valence-electron chi connectivity index (χ1n) is 6.38. The molecule has 3 nitrogen and oxygen atoms in total. The lowest BCUT2D eigenvalue weighted by Crippen LogP contribution is -2.52. The predicted octanol–water partition coefficient (Wildman–Crippen LogP) is 1.77. The van der Waals surface area contributed by atoms with Gasteiger partial charge in [-0.05, 0) is 26.0 Å². The Kier molecular flexibility index (Phi) is 4.32. The van der Waals surface area contributed by atoms with Gasteiger partial charge in [-0.1, -0.05) is 18.2 Å². The number of nitrogens with zero attached hydrogens (tertiary/aromatic N) is 1. The van der Waals surface area contributed by atoms with Crippen molar-refractivity contribution in [3.63, 3.8) is 0 Å². The number of benzene rings is 1. The van der Waals surface area contributed by atoms with Crippen LogP contribution in [0.25, 0.3) is 0 Å². The molecular formula is C14H21FN2O. The van der Waals surface area contributed by atoms with Crippen LogP contribution in [-0.4, -0.2) is 37.2 Å². The van der Waals surface area contributed by atoms with Gasteiger partial charge in [0.05, 0.1) is 0 Å². The summed E-state index contributed by atoms with van der Waals surface area (Å²) in [6, 6.07) is 6.88. The molecule has 1 aromatic carbocycles. The van der Waals surface area contributed by atoms with Crippen LogP contribution in [0.2, 0.25) is 0 Å². The average Bonchev–Trinajstić information content (AvgIpc) is 2.32. The fraction of sp³-hybridized carbons (Fsp3) is 0.571. The molecule has 18 heavy (non-hydrogen) atoms. The molecule has 0 atom stereocenters. The molecule has 0 unspecified atom stereocenters. The van der Waals surface area contributed by atoms with Crippen LogP contribution in [0.3, 0.4) is 0 Å². The maximum Gasteiger partial charge on any atom is 0.127 e. The first kappa shape index (κ1) is 13.5. The van der Waals surface area contributed by atoms with E-state index in [4.69, 9.17) is 10.5 Å². The number of hydrogen-bond donors (Lipinski definition) is 1. The van der Waals surface area contributed by atoms with Crippen LogP contribution in [0.5, 0.6) is 0 Å². The van der Waals surface area contributed by atoms with Crippen LogP contribution in [0, 0.1) is 5.82 Å². The van der Waals surface area contributed by atoms with E-state index >= 15 is 0 Å². The van der Waals surface area contributed by atoms with E-state index < -0.39 is 0 Å². The number of likely N-dealkylation sites (N-methyl/N-ethyl adjacent to an activating group) is 1. The molecule has 2 N–H and O–H groups in total. The topological polar surface area (TPSA) is 38.5 Å². The third kappa shape index (κ3) is 3.51. The Hall–Kier alpha value is -0.970. The van der Waals surface area contributed by atoms with Crippen molar-refractivity contribution in [1.82, 2.24) is 4.90 Å². The lowest BCUT2D eigenvalue weighted by molar-refractivity contribution is 0.0401. The highest BCUT2D eigenvalue weighted by Crippen LogP contribution is 2.19. The van der Waals surface area contributed by atoms with Crippen LogP contribution < -0.4 is 5.73 Å². The van der Waals surface area contributed by atoms with Gasteiger partial charge in [0.2, 0.25) is 0 Å². The normalized spacial score (nSPS) is 19.1. The summed E-state index contributed by atoms with van der Waals surface area (Å²) < 4.78 is 18.9. The fourth-order valence-corrected chi connectivity index (χ4v) is 2.45. The molecule has 0 bridgehead atoms. The lowest BCUT2D eigenvalue weighted by atomic mass is 9.91. The quantitative estimate of drug-likeness (QED) is 0.887. The molecule has 2 rings (SSSR count). The van der Waals surface area contributed by atoms with Gasteiger partial charge in [0.1, 0.15) is 5.82 Å². The lowest BCUT2D eigenvalue weighted by Gasteiger charge is -2.36. The second kappa shape index (κ2) is 5.78. The van der Waals surface area contributed by atoms with Gasteiger partial charge < -0.3 is 15.4 Å². The molecule has 0 amide bonds. The summed E-state index contributed by atoms with van der Waals surface area (Å²) in [5, 5.41) is 0. The molecule has 4 heteroatoms. The Balaban J connectivity index is 1.92. The summed E-state index contributed by atoms with van der Waals surface area (Å²) >= 11 is 0. The molecular weight excluding hydrogens is 231 g/mol. The summed E-state index contributed by atoms with van der Waals surface area (Å²) in [4.78, 5) is 2.09. The van der Waals surface area contributed by atoms with Crippen LogP contribution in [0.15, 0.2) is 24.3 Å². The van der Waals surface area contributed by atoms with E-state index in [1.54, 1.807) is 6.07 Å². The average molecular weight is 252 g/mol. The van der Waals surface area contributed by atoms with Gasteiger partial charge in [-0.3, -0.25) is 0 Å². The highest BCUT2D eigenvalue weighted by molar-refractivity contribution is 5.17. The van der Waals surface area contributed by atoms with Crippen molar-refractivity contribution in [3.05, 3.63) is 35.6 Å². The summed E-state index contributed by atoms with van der Waals surface area (Å²) in [5.74, 6) is -0.151. The molecule has 0 spiro atoms. The van der Waals surface area contributed by atoms with E-state index in [1.807, 2.05) is 19.2 Å². The van der Waals surface area contributed by atoms with Crippen molar-refractivity contribution in [1.29, 1.82) is 0 Å². The number of halogens is 1. The molecule has 1 fully saturated rings. The molecule has 1 aliphatic heterocycles. The van der Waals surface area contributed by atoms with Gasteiger partial charge >= 0.3 is 0 Å². The Morgan fingerprint density at radius 3 is 2.67 bits per heavy atom. The minimum atomic E-state index is -0.196. The number of hydrogen-bond acceptors (Lipinski definition) is 3. The summed E-state index contributed by atoms with van der Waals surface area (Å²) in [5.41, 5.74) is 6.86. The largest absolute Gasteiger partial charge is 0.381 e. The number of rotatable bonds is 4. The van der Waals surface area contributed by atoms with E-state index in [0.717, 1.165) is 38.2 Å². The van der Waals surface area contributed by atoms with Crippen molar-refractivity contribution in [3.8, 4) is 0 Å². The first-order chi connectivity index (χ1) is 8.59. The predicted molar refractivity (Wildman–Crippen MR) is 69.7 cm³/mol. The van der Waals surface area contributed by atoms with Crippen molar-refractivity contribution < 1.29 is 9.13 Å². The van der Waals surface area contributed by atoms with Crippen molar-refractivity contribution in [2.75, 3.05) is 26.8 Å². The molecule has 1 saturated heterocycles. The van der Waals surface area contributed by atoms with Gasteiger partial charge in [0, 0.05) is 37.4 Å². The van der Waals surface area contributed by atoms with E-state index in [0.29, 0.717) is 6.54 Å². The SMILES string of the molecule is CN(Cc1ccccc1F)CC1(N)CCOCC1. The van der Waals surface area contributed by atoms with Gasteiger partial charge in [0.15, 0.2) is 0 Å². The number of ether oxygens (including phenoxy) is 1. The highest BCUT2D eigenvalue weighted by atomic mass is 19.1. The zero-order chi connectivity index (χ0) is 13.0. The Bertz CT molecular complexity index is 391. The Labute approximate surface area is 108 Å². The van der Waals surface area contributed by atoms with Crippen LogP contribution >= 0.6 is 0 Å². The second-order valence-corrected chi connectivity index (χ2v) is 5.24. The van der Waals surface area contributed by atoms with Crippen molar-refractivity contribution in [2.24, 2.45) is 5.73 Å². The van der Waals surface area contributed by atoms with Gasteiger partial charge in [0.25, 0.3) is 0 Å². The summed E-state index contributed by atoms with van der Waals surface area (Å²) in [6.07, 6.45) is 1.74. The molecule has 0 radical (unpaired) electrons. The molecule has 0 aliphatic carbocycles. The van der Waals surface area contributed by atoms with Crippen molar-refractivity contribution in [2.45, 2.75) is 24.9 Å². The maximum absolute atomic E-state index is 13.5. The van der Waals surface area contributed by atoms with E-state index in [2.05, 4.69) is 4.90 Å². The minimum absolute atomic E-state index is 0.151. The highest BCUT2D eigenvalue weighted by Gasteiger charge is 2.29. The molecule has 0 saturated carbocycles. The van der Waals surface area contributed by atoms with Gasteiger partial charge in [-0.2, -0.15) is 0 Å². The smallest absolute Gasteiger partial charge is 0.127 e. The summed E-state index contributed by atoms with van der Waals surface area (Å²) in [6.45, 7) is 2.81. The van der Waals surface area contributed by atoms with Crippen LogP contribution in [0.1, 0.15) is 18.4 Å². The van der Waals surface area contributed by atoms with E-state index in [1.165, 1.54) is 6.07 Å². The van der Waals surface area contributed by atoms with Gasteiger partial charge in [-0.25, -0.2) is 4.39 Å². The molecule has 100 valence electrons. The van der Waals surface area contributed by atoms with Crippen LogP contribution in [-0.2, 0) is 11.3 Å². The fourth-order valence-electron chi connectivity index (χ4n) is 2.45. The molecule has 0 aromatic heterocycles. The Morgan fingerprint density at radius 1 is 1.33 bits per heavy atom. The Morgan fingerprint density at radius 2 is 2.00 bits per heavy atom. The number of nitrogens with two attached hydrogens (primary N) is 1. The first-order valence-corrected chi connectivity index (χ1v) is 6.38. The monoisotopic (exact) mass is 252 g/mol. The van der Waals surface area contributed by atoms with Crippen molar-refractivity contribution >= 4 is 0 Å². The zero-order valence-electron chi connectivity index (χ0n) is 10.9.